The first-order valence-corrected chi connectivity index (χ1v) is 7.99. The van der Waals surface area contributed by atoms with Crippen LogP contribution in [0.4, 0.5) is 8.78 Å². The fourth-order valence-electron chi connectivity index (χ4n) is 2.69. The number of hydrogen-bond acceptors (Lipinski definition) is 3. The van der Waals surface area contributed by atoms with Gasteiger partial charge in [-0.1, -0.05) is 0 Å². The molecule has 6 heteroatoms. The molecule has 21 heavy (non-hydrogen) atoms. The molecule has 0 amide bonds. The molecule has 1 saturated heterocycles. The van der Waals surface area contributed by atoms with Crippen LogP contribution < -0.4 is 5.32 Å². The van der Waals surface area contributed by atoms with E-state index in [1.54, 1.807) is 7.11 Å². The van der Waals surface area contributed by atoms with Crippen molar-refractivity contribution in [1.29, 1.82) is 0 Å². The Morgan fingerprint density at radius 3 is 3.00 bits per heavy atom. The van der Waals surface area contributed by atoms with Crippen LogP contribution in [0.15, 0.2) is 16.6 Å². The fraction of sp³-hybridized carbons (Fsp3) is 0.600. The minimum Gasteiger partial charge on any atom is -0.383 e. The SMILES string of the molecule is COCCNCC1CCCN1Cc1c(F)ccc(Br)c1F. The van der Waals surface area contributed by atoms with Crippen LogP contribution in [-0.4, -0.2) is 44.3 Å². The van der Waals surface area contributed by atoms with E-state index in [0.29, 0.717) is 23.7 Å². The fourth-order valence-corrected chi connectivity index (χ4v) is 3.07. The molecule has 1 aromatic carbocycles. The molecule has 0 aromatic heterocycles. The summed E-state index contributed by atoms with van der Waals surface area (Å²) in [5.74, 6) is -0.971. The molecule has 1 aliphatic rings. The van der Waals surface area contributed by atoms with Crippen molar-refractivity contribution in [2.75, 3.05) is 33.4 Å². The molecule has 1 fully saturated rings. The lowest BCUT2D eigenvalue weighted by Gasteiger charge is -2.25. The predicted molar refractivity (Wildman–Crippen MR) is 82.2 cm³/mol. The molecule has 118 valence electrons. The number of nitrogens with zero attached hydrogens (tertiary/aromatic N) is 1. The van der Waals surface area contributed by atoms with E-state index in [4.69, 9.17) is 4.74 Å². The number of ether oxygens (including phenoxy) is 1. The summed E-state index contributed by atoms with van der Waals surface area (Å²) in [6.07, 6.45) is 2.12. The second kappa shape index (κ2) is 8.17. The molecular weight excluding hydrogens is 342 g/mol. The molecule has 1 aliphatic heterocycles. The average molecular weight is 363 g/mol. The smallest absolute Gasteiger partial charge is 0.144 e. The first-order valence-electron chi connectivity index (χ1n) is 7.19. The Bertz CT molecular complexity index is 473. The van der Waals surface area contributed by atoms with Crippen molar-refractivity contribution in [1.82, 2.24) is 10.2 Å². The van der Waals surface area contributed by atoms with E-state index in [1.165, 1.54) is 12.1 Å². The lowest BCUT2D eigenvalue weighted by Crippen LogP contribution is -2.38. The van der Waals surface area contributed by atoms with Crippen LogP contribution in [-0.2, 0) is 11.3 Å². The minimum atomic E-state index is -0.493. The summed E-state index contributed by atoms with van der Waals surface area (Å²) in [7, 11) is 1.67. The van der Waals surface area contributed by atoms with Gasteiger partial charge < -0.3 is 10.1 Å². The van der Waals surface area contributed by atoms with E-state index in [1.807, 2.05) is 0 Å². The molecule has 1 heterocycles. The number of hydrogen-bond donors (Lipinski definition) is 1. The zero-order valence-electron chi connectivity index (χ0n) is 12.2. The molecule has 3 nitrogen and oxygen atoms in total. The molecule has 0 radical (unpaired) electrons. The van der Waals surface area contributed by atoms with Gasteiger partial charge in [-0.25, -0.2) is 8.78 Å². The van der Waals surface area contributed by atoms with Crippen molar-refractivity contribution in [3.8, 4) is 0 Å². The van der Waals surface area contributed by atoms with Crippen molar-refractivity contribution in [3.63, 3.8) is 0 Å². The van der Waals surface area contributed by atoms with Crippen LogP contribution in [0, 0.1) is 11.6 Å². The number of rotatable bonds is 7. The summed E-state index contributed by atoms with van der Waals surface area (Å²) in [4.78, 5) is 2.15. The Labute approximate surface area is 132 Å². The van der Waals surface area contributed by atoms with Gasteiger partial charge in [0, 0.05) is 38.3 Å². The number of methoxy groups -OCH3 is 1. The Balaban J connectivity index is 1.96. The summed E-state index contributed by atoms with van der Waals surface area (Å²) in [6, 6.07) is 3.03. The molecule has 1 atom stereocenters. The van der Waals surface area contributed by atoms with Crippen LogP contribution in [0.25, 0.3) is 0 Å². The maximum Gasteiger partial charge on any atom is 0.144 e. The van der Waals surface area contributed by atoms with Crippen molar-refractivity contribution in [2.45, 2.75) is 25.4 Å². The van der Waals surface area contributed by atoms with Gasteiger partial charge >= 0.3 is 0 Å². The Kier molecular flexibility index (Phi) is 6.54. The van der Waals surface area contributed by atoms with E-state index in [9.17, 15) is 8.78 Å². The highest BCUT2D eigenvalue weighted by atomic mass is 79.9. The molecule has 0 bridgehead atoms. The average Bonchev–Trinajstić information content (AvgIpc) is 2.91. The molecular formula is C15H21BrF2N2O. The van der Waals surface area contributed by atoms with Gasteiger partial charge in [0.1, 0.15) is 11.6 Å². The molecule has 0 saturated carbocycles. The van der Waals surface area contributed by atoms with E-state index in [2.05, 4.69) is 26.1 Å². The normalized spacial score (nSPS) is 19.3. The predicted octanol–water partition coefficient (Wildman–Crippen LogP) is 2.93. The van der Waals surface area contributed by atoms with E-state index >= 15 is 0 Å². The lowest BCUT2D eigenvalue weighted by atomic mass is 10.1. The zero-order valence-corrected chi connectivity index (χ0v) is 13.8. The maximum absolute atomic E-state index is 14.0. The zero-order chi connectivity index (χ0) is 15.2. The molecule has 0 spiro atoms. The van der Waals surface area contributed by atoms with Gasteiger partial charge in [0.2, 0.25) is 0 Å². The number of halogens is 3. The first kappa shape index (κ1) is 16.8. The van der Waals surface area contributed by atoms with Crippen molar-refractivity contribution in [3.05, 3.63) is 33.8 Å². The van der Waals surface area contributed by atoms with Gasteiger partial charge in [0.15, 0.2) is 0 Å². The van der Waals surface area contributed by atoms with Crippen molar-refractivity contribution in [2.24, 2.45) is 0 Å². The molecule has 0 aliphatic carbocycles. The van der Waals surface area contributed by atoms with E-state index in [0.717, 1.165) is 32.5 Å². The maximum atomic E-state index is 14.0. The summed E-state index contributed by atoms with van der Waals surface area (Å²) in [6.45, 7) is 3.47. The third-order valence-corrected chi connectivity index (χ3v) is 4.47. The van der Waals surface area contributed by atoms with Crippen LogP contribution in [0.3, 0.4) is 0 Å². The third-order valence-electron chi connectivity index (χ3n) is 3.86. The van der Waals surface area contributed by atoms with Crippen LogP contribution in [0.2, 0.25) is 0 Å². The van der Waals surface area contributed by atoms with Crippen molar-refractivity contribution < 1.29 is 13.5 Å². The van der Waals surface area contributed by atoms with Gasteiger partial charge in [-0.3, -0.25) is 4.90 Å². The highest BCUT2D eigenvalue weighted by molar-refractivity contribution is 9.10. The largest absolute Gasteiger partial charge is 0.383 e. The van der Waals surface area contributed by atoms with Gasteiger partial charge in [-0.2, -0.15) is 0 Å². The van der Waals surface area contributed by atoms with Crippen LogP contribution in [0.1, 0.15) is 18.4 Å². The molecule has 1 aromatic rings. The summed E-state index contributed by atoms with van der Waals surface area (Å²) in [5, 5.41) is 3.32. The number of nitrogens with one attached hydrogen (secondary N) is 1. The van der Waals surface area contributed by atoms with Gasteiger partial charge in [0.05, 0.1) is 11.1 Å². The van der Waals surface area contributed by atoms with Crippen LogP contribution >= 0.6 is 15.9 Å². The van der Waals surface area contributed by atoms with Crippen LogP contribution in [0.5, 0.6) is 0 Å². The first-order chi connectivity index (χ1) is 10.1. The molecule has 1 N–H and O–H groups in total. The molecule has 2 rings (SSSR count). The standard InChI is InChI=1S/C15H21BrF2N2O/c1-21-8-6-19-9-11-3-2-7-20(11)10-12-14(17)5-4-13(16)15(12)18/h4-5,11,19H,2-3,6-10H2,1H3. The highest BCUT2D eigenvalue weighted by Crippen LogP contribution is 2.26. The van der Waals surface area contributed by atoms with E-state index < -0.39 is 11.6 Å². The topological polar surface area (TPSA) is 24.5 Å². The third kappa shape index (κ3) is 4.45. The van der Waals surface area contributed by atoms with Gasteiger partial charge in [-0.15, -0.1) is 0 Å². The van der Waals surface area contributed by atoms with Crippen molar-refractivity contribution >= 4 is 15.9 Å². The summed E-state index contributed by atoms with van der Waals surface area (Å²) >= 11 is 3.12. The van der Waals surface area contributed by atoms with E-state index in [-0.39, 0.29) is 5.56 Å². The Hall–Kier alpha value is -0.560. The monoisotopic (exact) mass is 362 g/mol. The number of benzene rings is 1. The molecule has 1 unspecified atom stereocenters. The summed E-state index contributed by atoms with van der Waals surface area (Å²) < 4.78 is 33.2. The Morgan fingerprint density at radius 1 is 1.43 bits per heavy atom. The second-order valence-electron chi connectivity index (χ2n) is 5.29. The van der Waals surface area contributed by atoms with Gasteiger partial charge in [-0.05, 0) is 47.4 Å². The Morgan fingerprint density at radius 2 is 2.24 bits per heavy atom. The highest BCUT2D eigenvalue weighted by Gasteiger charge is 2.26. The second-order valence-corrected chi connectivity index (χ2v) is 6.14. The minimum absolute atomic E-state index is 0.146. The quantitative estimate of drug-likeness (QED) is 0.596. The van der Waals surface area contributed by atoms with Gasteiger partial charge in [0.25, 0.3) is 0 Å². The number of likely N-dealkylation sites (tertiary alicyclic amines) is 1. The lowest BCUT2D eigenvalue weighted by molar-refractivity contribution is 0.190. The summed E-state index contributed by atoms with van der Waals surface area (Å²) in [5.41, 5.74) is 0.146.